The number of carbonyl (C=O) groups excluding carboxylic acids is 2. The van der Waals surface area contributed by atoms with Gasteiger partial charge in [-0.3, -0.25) is 14.7 Å². The summed E-state index contributed by atoms with van der Waals surface area (Å²) in [4.78, 5) is 29.1. The van der Waals surface area contributed by atoms with Gasteiger partial charge in [0, 0.05) is 43.4 Å². The van der Waals surface area contributed by atoms with Crippen LogP contribution in [0.2, 0.25) is 0 Å². The van der Waals surface area contributed by atoms with Crippen LogP contribution in [0.5, 0.6) is 0 Å². The molecular formula is C26H33N5O2. The first-order valence-electron chi connectivity index (χ1n) is 11.7. The Kier molecular flexibility index (Phi) is 7.08. The first-order valence-corrected chi connectivity index (χ1v) is 11.7. The molecule has 1 aromatic carbocycles. The van der Waals surface area contributed by atoms with Gasteiger partial charge in [0.25, 0.3) is 0 Å². The fraction of sp³-hybridized carbons (Fsp3) is 0.423. The molecule has 0 saturated heterocycles. The Balaban J connectivity index is 1.36. The molecule has 0 spiro atoms. The van der Waals surface area contributed by atoms with Gasteiger partial charge in [-0.2, -0.15) is 5.10 Å². The molecule has 4 rings (SSSR count). The first kappa shape index (κ1) is 23.0. The number of amides is 2. The Labute approximate surface area is 195 Å². The van der Waals surface area contributed by atoms with Crippen molar-refractivity contribution in [2.75, 3.05) is 39.0 Å². The highest BCUT2D eigenvalue weighted by atomic mass is 16.2. The van der Waals surface area contributed by atoms with Crippen molar-refractivity contribution < 1.29 is 9.59 Å². The smallest absolute Gasteiger partial charge is 0.246 e. The van der Waals surface area contributed by atoms with Gasteiger partial charge in [0.15, 0.2) is 5.82 Å². The second kappa shape index (κ2) is 10.2. The Morgan fingerprint density at radius 1 is 1.30 bits per heavy atom. The monoisotopic (exact) mass is 447 g/mol. The van der Waals surface area contributed by atoms with Crippen LogP contribution in [-0.4, -0.2) is 65.5 Å². The fourth-order valence-corrected chi connectivity index (χ4v) is 4.00. The SMILES string of the molecule is CC(C(=O)Nc1cc(C2CC2)[nH]n1)c1cccc(C2=CCN(C(=O)/C=C/CN(C)C)CC2)c1. The molecule has 2 N–H and O–H groups in total. The number of benzene rings is 1. The summed E-state index contributed by atoms with van der Waals surface area (Å²) >= 11 is 0. The molecular weight excluding hydrogens is 414 g/mol. The number of rotatable bonds is 8. The summed E-state index contributed by atoms with van der Waals surface area (Å²) in [6, 6.07) is 10.1. The van der Waals surface area contributed by atoms with Crippen LogP contribution < -0.4 is 5.32 Å². The first-order chi connectivity index (χ1) is 15.9. The van der Waals surface area contributed by atoms with E-state index in [9.17, 15) is 9.59 Å². The average Bonchev–Trinajstić information content (AvgIpc) is 3.57. The molecule has 0 bridgehead atoms. The Morgan fingerprint density at radius 2 is 2.12 bits per heavy atom. The lowest BCUT2D eigenvalue weighted by molar-refractivity contribution is -0.125. The second-order valence-electron chi connectivity index (χ2n) is 9.25. The molecule has 174 valence electrons. The van der Waals surface area contributed by atoms with E-state index >= 15 is 0 Å². The predicted molar refractivity (Wildman–Crippen MR) is 131 cm³/mol. The lowest BCUT2D eigenvalue weighted by Gasteiger charge is -2.26. The van der Waals surface area contributed by atoms with Crippen LogP contribution in [0.15, 0.2) is 48.6 Å². The third-order valence-electron chi connectivity index (χ3n) is 6.27. The number of hydrogen-bond donors (Lipinski definition) is 2. The van der Waals surface area contributed by atoms with E-state index in [1.807, 2.05) is 55.1 Å². The molecule has 2 amide bonds. The number of aromatic nitrogens is 2. The topological polar surface area (TPSA) is 81.3 Å². The summed E-state index contributed by atoms with van der Waals surface area (Å²) in [7, 11) is 3.96. The van der Waals surface area contributed by atoms with Crippen LogP contribution in [0, 0.1) is 0 Å². The maximum atomic E-state index is 12.8. The zero-order valence-electron chi connectivity index (χ0n) is 19.7. The number of carbonyl (C=O) groups is 2. The summed E-state index contributed by atoms with van der Waals surface area (Å²) in [5, 5.41) is 10.2. The van der Waals surface area contributed by atoms with E-state index in [0.29, 0.717) is 24.8 Å². The number of anilines is 1. The third-order valence-corrected chi connectivity index (χ3v) is 6.27. The quantitative estimate of drug-likeness (QED) is 0.604. The van der Waals surface area contributed by atoms with Crippen molar-refractivity contribution in [2.45, 2.75) is 38.0 Å². The fourth-order valence-electron chi connectivity index (χ4n) is 4.00. The molecule has 1 saturated carbocycles. The van der Waals surface area contributed by atoms with Crippen molar-refractivity contribution in [1.29, 1.82) is 0 Å². The molecule has 1 fully saturated rings. The largest absolute Gasteiger partial charge is 0.335 e. The number of aromatic amines is 1. The van der Waals surface area contributed by atoms with E-state index in [-0.39, 0.29) is 17.7 Å². The minimum Gasteiger partial charge on any atom is -0.335 e. The summed E-state index contributed by atoms with van der Waals surface area (Å²) in [5.74, 6) is 0.843. The van der Waals surface area contributed by atoms with Gasteiger partial charge >= 0.3 is 0 Å². The summed E-state index contributed by atoms with van der Waals surface area (Å²) in [5.41, 5.74) is 4.39. The number of H-pyrrole nitrogens is 1. The van der Waals surface area contributed by atoms with Crippen LogP contribution in [0.3, 0.4) is 0 Å². The lowest BCUT2D eigenvalue weighted by atomic mass is 9.93. The van der Waals surface area contributed by atoms with E-state index in [2.05, 4.69) is 33.7 Å². The molecule has 7 nitrogen and oxygen atoms in total. The van der Waals surface area contributed by atoms with E-state index in [4.69, 9.17) is 0 Å². The molecule has 33 heavy (non-hydrogen) atoms. The number of likely N-dealkylation sites (N-methyl/N-ethyl adjacent to an activating group) is 1. The van der Waals surface area contributed by atoms with Crippen LogP contribution in [0.4, 0.5) is 5.82 Å². The highest BCUT2D eigenvalue weighted by Gasteiger charge is 2.26. The number of hydrogen-bond acceptors (Lipinski definition) is 4. The normalized spacial score (nSPS) is 17.3. The molecule has 2 heterocycles. The molecule has 1 aliphatic carbocycles. The van der Waals surface area contributed by atoms with Gasteiger partial charge in [-0.05, 0) is 57.0 Å². The molecule has 2 aliphatic rings. The average molecular weight is 448 g/mol. The zero-order valence-corrected chi connectivity index (χ0v) is 19.7. The van der Waals surface area contributed by atoms with Crippen LogP contribution >= 0.6 is 0 Å². The minimum atomic E-state index is -0.296. The Bertz CT molecular complexity index is 1060. The predicted octanol–water partition coefficient (Wildman–Crippen LogP) is 3.76. The molecule has 1 atom stereocenters. The van der Waals surface area contributed by atoms with Gasteiger partial charge in [0.05, 0.1) is 5.92 Å². The van der Waals surface area contributed by atoms with Crippen molar-refractivity contribution in [3.8, 4) is 0 Å². The van der Waals surface area contributed by atoms with Crippen molar-refractivity contribution in [3.63, 3.8) is 0 Å². The molecule has 1 aliphatic heterocycles. The van der Waals surface area contributed by atoms with Crippen LogP contribution in [0.1, 0.15) is 54.8 Å². The molecule has 2 aromatic rings. The summed E-state index contributed by atoms with van der Waals surface area (Å²) in [6.07, 6.45) is 8.85. The molecule has 1 aromatic heterocycles. The van der Waals surface area contributed by atoms with Crippen molar-refractivity contribution >= 4 is 23.2 Å². The van der Waals surface area contributed by atoms with E-state index in [1.54, 1.807) is 6.08 Å². The maximum Gasteiger partial charge on any atom is 0.246 e. The van der Waals surface area contributed by atoms with Gasteiger partial charge < -0.3 is 15.1 Å². The van der Waals surface area contributed by atoms with Crippen molar-refractivity contribution in [3.05, 3.63) is 65.4 Å². The number of nitrogens with zero attached hydrogens (tertiary/aromatic N) is 3. The van der Waals surface area contributed by atoms with Gasteiger partial charge in [0.2, 0.25) is 11.8 Å². The summed E-state index contributed by atoms with van der Waals surface area (Å²) in [6.45, 7) is 3.96. The highest BCUT2D eigenvalue weighted by molar-refractivity contribution is 5.95. The van der Waals surface area contributed by atoms with Gasteiger partial charge in [-0.25, -0.2) is 0 Å². The van der Waals surface area contributed by atoms with Crippen molar-refractivity contribution in [1.82, 2.24) is 20.0 Å². The van der Waals surface area contributed by atoms with Gasteiger partial charge in [0.1, 0.15) is 0 Å². The minimum absolute atomic E-state index is 0.0504. The van der Waals surface area contributed by atoms with Crippen molar-refractivity contribution in [2.24, 2.45) is 0 Å². The lowest BCUT2D eigenvalue weighted by Crippen LogP contribution is -2.33. The summed E-state index contributed by atoms with van der Waals surface area (Å²) < 4.78 is 0. The van der Waals surface area contributed by atoms with Gasteiger partial charge in [-0.1, -0.05) is 36.4 Å². The van der Waals surface area contributed by atoms with E-state index in [1.165, 1.54) is 18.4 Å². The number of nitrogens with one attached hydrogen (secondary N) is 2. The molecule has 7 heteroatoms. The molecule has 1 unspecified atom stereocenters. The van der Waals surface area contributed by atoms with Crippen LogP contribution in [0.25, 0.3) is 5.57 Å². The van der Waals surface area contributed by atoms with E-state index < -0.39 is 0 Å². The highest BCUT2D eigenvalue weighted by Crippen LogP contribution is 2.39. The second-order valence-corrected chi connectivity index (χ2v) is 9.25. The third kappa shape index (κ3) is 5.99. The Morgan fingerprint density at radius 3 is 2.82 bits per heavy atom. The van der Waals surface area contributed by atoms with E-state index in [0.717, 1.165) is 29.8 Å². The molecule has 0 radical (unpaired) electrons. The zero-order chi connectivity index (χ0) is 23.4. The standard InChI is InChI=1S/C26H33N5O2/c1-18(26(33)27-24-17-23(28-29-24)20-9-10-20)21-6-4-7-22(16-21)19-11-14-31(15-12-19)25(32)8-5-13-30(2)3/h4-8,11,16-18,20H,9-10,12-15H2,1-3H3,(H2,27,28,29,33)/b8-5+. The maximum absolute atomic E-state index is 12.8. The van der Waals surface area contributed by atoms with Crippen LogP contribution in [-0.2, 0) is 9.59 Å². The van der Waals surface area contributed by atoms with Gasteiger partial charge in [-0.15, -0.1) is 0 Å². The Hall–Kier alpha value is -3.19.